The van der Waals surface area contributed by atoms with Gasteiger partial charge < -0.3 is 15.0 Å². The first-order chi connectivity index (χ1) is 13.7. The predicted molar refractivity (Wildman–Crippen MR) is 107 cm³/mol. The quantitative estimate of drug-likeness (QED) is 0.845. The van der Waals surface area contributed by atoms with Gasteiger partial charge in [-0.05, 0) is 57.2 Å². The van der Waals surface area contributed by atoms with Gasteiger partial charge in [-0.1, -0.05) is 12.1 Å². The van der Waals surface area contributed by atoms with Crippen LogP contribution in [0.1, 0.15) is 48.9 Å². The van der Waals surface area contributed by atoms with Crippen LogP contribution in [0.4, 0.5) is 0 Å². The Bertz CT molecular complexity index is 711. The van der Waals surface area contributed by atoms with Crippen molar-refractivity contribution in [1.82, 2.24) is 15.1 Å². The van der Waals surface area contributed by atoms with Crippen LogP contribution in [0.3, 0.4) is 0 Å². The van der Waals surface area contributed by atoms with E-state index in [1.165, 1.54) is 0 Å². The van der Waals surface area contributed by atoms with Crippen LogP contribution in [-0.4, -0.2) is 67.0 Å². The van der Waals surface area contributed by atoms with Crippen LogP contribution < -0.4 is 10.1 Å². The molecule has 0 spiro atoms. The SMILES string of the molecule is COc1ccccc1C(=O)N1CCC(N2CCCC(C(=O)NC3CC3)C2)CC1. The Morgan fingerprint density at radius 1 is 1.04 bits per heavy atom. The highest BCUT2D eigenvalue weighted by Gasteiger charge is 2.34. The molecule has 3 fully saturated rings. The summed E-state index contributed by atoms with van der Waals surface area (Å²) in [4.78, 5) is 29.8. The zero-order valence-electron chi connectivity index (χ0n) is 16.7. The van der Waals surface area contributed by atoms with E-state index in [2.05, 4.69) is 10.2 Å². The number of hydrogen-bond acceptors (Lipinski definition) is 4. The summed E-state index contributed by atoms with van der Waals surface area (Å²) in [6, 6.07) is 8.34. The molecule has 0 radical (unpaired) electrons. The highest BCUT2D eigenvalue weighted by atomic mass is 16.5. The largest absolute Gasteiger partial charge is 0.496 e. The predicted octanol–water partition coefficient (Wildman–Crippen LogP) is 2.29. The van der Waals surface area contributed by atoms with E-state index in [1.807, 2.05) is 29.2 Å². The summed E-state index contributed by atoms with van der Waals surface area (Å²) in [5.74, 6) is 1.06. The molecular formula is C22H31N3O3. The highest BCUT2D eigenvalue weighted by Crippen LogP contribution is 2.27. The van der Waals surface area contributed by atoms with Gasteiger partial charge in [0.15, 0.2) is 0 Å². The maximum absolute atomic E-state index is 12.9. The van der Waals surface area contributed by atoms with Crippen molar-refractivity contribution in [2.75, 3.05) is 33.3 Å². The molecule has 2 heterocycles. The molecule has 2 aliphatic heterocycles. The van der Waals surface area contributed by atoms with Crippen LogP contribution in [0.2, 0.25) is 0 Å². The van der Waals surface area contributed by atoms with E-state index in [9.17, 15) is 9.59 Å². The third-order valence-corrected chi connectivity index (χ3v) is 6.35. The maximum atomic E-state index is 12.9. The Labute approximate surface area is 167 Å². The smallest absolute Gasteiger partial charge is 0.257 e. The Hall–Kier alpha value is -2.08. The molecule has 1 unspecified atom stereocenters. The second-order valence-electron chi connectivity index (χ2n) is 8.34. The molecule has 2 amide bonds. The lowest BCUT2D eigenvalue weighted by Crippen LogP contribution is -2.51. The van der Waals surface area contributed by atoms with Gasteiger partial charge in [-0.2, -0.15) is 0 Å². The molecule has 3 aliphatic rings. The van der Waals surface area contributed by atoms with Gasteiger partial charge in [-0.3, -0.25) is 14.5 Å². The van der Waals surface area contributed by atoms with Crippen LogP contribution in [0.15, 0.2) is 24.3 Å². The van der Waals surface area contributed by atoms with E-state index in [4.69, 9.17) is 4.74 Å². The van der Waals surface area contributed by atoms with E-state index in [0.717, 1.165) is 64.7 Å². The molecule has 152 valence electrons. The third-order valence-electron chi connectivity index (χ3n) is 6.35. The number of carbonyl (C=O) groups excluding carboxylic acids is 2. The van der Waals surface area contributed by atoms with Gasteiger partial charge in [-0.15, -0.1) is 0 Å². The number of nitrogens with zero attached hydrogens (tertiary/aromatic N) is 2. The number of para-hydroxylation sites is 1. The van der Waals surface area contributed by atoms with Gasteiger partial charge >= 0.3 is 0 Å². The van der Waals surface area contributed by atoms with Crippen molar-refractivity contribution < 1.29 is 14.3 Å². The van der Waals surface area contributed by atoms with Gasteiger partial charge in [0.1, 0.15) is 5.75 Å². The van der Waals surface area contributed by atoms with Gasteiger partial charge in [0.2, 0.25) is 5.91 Å². The minimum Gasteiger partial charge on any atom is -0.496 e. The number of methoxy groups -OCH3 is 1. The van der Waals surface area contributed by atoms with E-state index in [-0.39, 0.29) is 17.7 Å². The van der Waals surface area contributed by atoms with Crippen molar-refractivity contribution in [2.45, 2.75) is 50.6 Å². The third kappa shape index (κ3) is 4.32. The Balaban J connectivity index is 1.31. The summed E-state index contributed by atoms with van der Waals surface area (Å²) in [5, 5.41) is 3.17. The first-order valence-electron chi connectivity index (χ1n) is 10.6. The lowest BCUT2D eigenvalue weighted by atomic mass is 9.93. The summed E-state index contributed by atoms with van der Waals surface area (Å²) < 4.78 is 5.35. The fraction of sp³-hybridized carbons (Fsp3) is 0.636. The number of nitrogens with one attached hydrogen (secondary N) is 1. The van der Waals surface area contributed by atoms with Gasteiger partial charge in [0, 0.05) is 31.7 Å². The second kappa shape index (κ2) is 8.52. The molecule has 0 aromatic heterocycles. The molecule has 6 heteroatoms. The van der Waals surface area contributed by atoms with Crippen LogP contribution in [0.5, 0.6) is 5.75 Å². The van der Waals surface area contributed by atoms with Gasteiger partial charge in [0.25, 0.3) is 5.91 Å². The molecule has 2 saturated heterocycles. The van der Waals surface area contributed by atoms with Crippen molar-refractivity contribution in [3.63, 3.8) is 0 Å². The summed E-state index contributed by atoms with van der Waals surface area (Å²) in [6.07, 6.45) is 6.31. The minimum absolute atomic E-state index is 0.0521. The maximum Gasteiger partial charge on any atom is 0.257 e. The molecule has 0 bridgehead atoms. The minimum atomic E-state index is 0.0521. The molecule has 6 nitrogen and oxygen atoms in total. The van der Waals surface area contributed by atoms with Crippen molar-refractivity contribution in [3.8, 4) is 5.75 Å². The number of hydrogen-bond donors (Lipinski definition) is 1. The number of ether oxygens (including phenoxy) is 1. The molecule has 1 aliphatic carbocycles. The first-order valence-corrected chi connectivity index (χ1v) is 10.6. The number of piperidine rings is 2. The van der Waals surface area contributed by atoms with Crippen LogP contribution in [-0.2, 0) is 4.79 Å². The molecule has 28 heavy (non-hydrogen) atoms. The Morgan fingerprint density at radius 2 is 1.79 bits per heavy atom. The summed E-state index contributed by atoms with van der Waals surface area (Å²) in [7, 11) is 1.60. The Morgan fingerprint density at radius 3 is 2.50 bits per heavy atom. The topological polar surface area (TPSA) is 61.9 Å². The standard InChI is InChI=1S/C22H31N3O3/c1-28-20-7-3-2-6-19(20)22(27)24-13-10-18(11-14-24)25-12-4-5-16(15-25)21(26)23-17-8-9-17/h2-3,6-7,16-18H,4-5,8-15H2,1H3,(H,23,26). The van der Waals surface area contributed by atoms with Crippen molar-refractivity contribution in [3.05, 3.63) is 29.8 Å². The molecule has 1 saturated carbocycles. The molecular weight excluding hydrogens is 354 g/mol. The second-order valence-corrected chi connectivity index (χ2v) is 8.34. The fourth-order valence-corrected chi connectivity index (χ4v) is 4.52. The molecule has 4 rings (SSSR count). The average molecular weight is 386 g/mol. The summed E-state index contributed by atoms with van der Waals surface area (Å²) >= 11 is 0. The van der Waals surface area contributed by atoms with Crippen molar-refractivity contribution in [2.24, 2.45) is 5.92 Å². The van der Waals surface area contributed by atoms with Gasteiger partial charge in [-0.25, -0.2) is 0 Å². The van der Waals surface area contributed by atoms with E-state index < -0.39 is 0 Å². The van der Waals surface area contributed by atoms with E-state index in [0.29, 0.717) is 23.4 Å². The highest BCUT2D eigenvalue weighted by molar-refractivity contribution is 5.97. The summed E-state index contributed by atoms with van der Waals surface area (Å²) in [6.45, 7) is 3.45. The average Bonchev–Trinajstić information content (AvgIpc) is 3.57. The van der Waals surface area contributed by atoms with Crippen molar-refractivity contribution >= 4 is 11.8 Å². The van der Waals surface area contributed by atoms with Crippen molar-refractivity contribution in [1.29, 1.82) is 0 Å². The number of carbonyl (C=O) groups is 2. The summed E-state index contributed by atoms with van der Waals surface area (Å²) in [5.41, 5.74) is 0.637. The molecule has 1 aromatic rings. The Kier molecular flexibility index (Phi) is 5.85. The molecule has 1 N–H and O–H groups in total. The zero-order valence-corrected chi connectivity index (χ0v) is 16.7. The first kappa shape index (κ1) is 19.2. The van der Waals surface area contributed by atoms with E-state index in [1.54, 1.807) is 7.11 Å². The fourth-order valence-electron chi connectivity index (χ4n) is 4.52. The number of rotatable bonds is 5. The number of benzene rings is 1. The lowest BCUT2D eigenvalue weighted by molar-refractivity contribution is -0.127. The van der Waals surface area contributed by atoms with Crippen LogP contribution >= 0.6 is 0 Å². The lowest BCUT2D eigenvalue weighted by Gasteiger charge is -2.42. The number of likely N-dealkylation sites (tertiary alicyclic amines) is 2. The monoisotopic (exact) mass is 385 g/mol. The number of amides is 2. The van der Waals surface area contributed by atoms with E-state index >= 15 is 0 Å². The van der Waals surface area contributed by atoms with Gasteiger partial charge in [0.05, 0.1) is 18.6 Å². The van der Waals surface area contributed by atoms with Crippen LogP contribution in [0, 0.1) is 5.92 Å². The zero-order chi connectivity index (χ0) is 19.5. The molecule has 1 aromatic carbocycles. The molecule has 1 atom stereocenters. The van der Waals surface area contributed by atoms with Crippen LogP contribution in [0.25, 0.3) is 0 Å². The normalized spacial score (nSPS) is 24.0.